The standard InChI is InChI=1S/C15H31NO2/c1-13(12-15(2,3)17-4)16-10-11-18-14-8-6-5-7-9-14/h13-14,16H,5-12H2,1-4H3. The molecule has 0 aromatic carbocycles. The molecule has 3 heteroatoms. The lowest BCUT2D eigenvalue weighted by Crippen LogP contribution is -2.37. The second-order valence-corrected chi connectivity index (χ2v) is 6.15. The molecule has 0 bridgehead atoms. The molecule has 1 rings (SSSR count). The average Bonchev–Trinajstić information content (AvgIpc) is 2.35. The minimum atomic E-state index is -0.0450. The number of methoxy groups -OCH3 is 1. The molecule has 0 saturated heterocycles. The van der Waals surface area contributed by atoms with E-state index in [0.29, 0.717) is 12.1 Å². The molecule has 0 aliphatic heterocycles. The fourth-order valence-electron chi connectivity index (χ4n) is 2.66. The first-order chi connectivity index (χ1) is 8.53. The van der Waals surface area contributed by atoms with Crippen LogP contribution >= 0.6 is 0 Å². The van der Waals surface area contributed by atoms with Crippen LogP contribution in [0.25, 0.3) is 0 Å². The molecule has 1 N–H and O–H groups in total. The van der Waals surface area contributed by atoms with Crippen molar-refractivity contribution in [2.75, 3.05) is 20.3 Å². The Labute approximate surface area is 113 Å². The van der Waals surface area contributed by atoms with E-state index in [2.05, 4.69) is 26.1 Å². The van der Waals surface area contributed by atoms with Gasteiger partial charge in [0.05, 0.1) is 18.3 Å². The van der Waals surface area contributed by atoms with Gasteiger partial charge in [-0.15, -0.1) is 0 Å². The molecule has 1 fully saturated rings. The van der Waals surface area contributed by atoms with Gasteiger partial charge in [-0.1, -0.05) is 19.3 Å². The van der Waals surface area contributed by atoms with E-state index < -0.39 is 0 Å². The molecular weight excluding hydrogens is 226 g/mol. The fraction of sp³-hybridized carbons (Fsp3) is 1.00. The number of nitrogens with one attached hydrogen (secondary N) is 1. The van der Waals surface area contributed by atoms with Crippen molar-refractivity contribution in [1.82, 2.24) is 5.32 Å². The molecular formula is C15H31NO2. The second-order valence-electron chi connectivity index (χ2n) is 6.15. The zero-order valence-corrected chi connectivity index (χ0v) is 12.6. The largest absolute Gasteiger partial charge is 0.379 e. The van der Waals surface area contributed by atoms with Gasteiger partial charge in [-0.25, -0.2) is 0 Å². The lowest BCUT2D eigenvalue weighted by molar-refractivity contribution is 0.00510. The Morgan fingerprint density at radius 1 is 1.22 bits per heavy atom. The van der Waals surface area contributed by atoms with Gasteiger partial charge >= 0.3 is 0 Å². The van der Waals surface area contributed by atoms with E-state index in [4.69, 9.17) is 9.47 Å². The Morgan fingerprint density at radius 3 is 2.50 bits per heavy atom. The lowest BCUT2D eigenvalue weighted by atomic mass is 9.98. The predicted molar refractivity (Wildman–Crippen MR) is 76.0 cm³/mol. The maximum absolute atomic E-state index is 5.90. The van der Waals surface area contributed by atoms with Crippen molar-refractivity contribution < 1.29 is 9.47 Å². The van der Waals surface area contributed by atoms with Crippen molar-refractivity contribution in [3.05, 3.63) is 0 Å². The quantitative estimate of drug-likeness (QED) is 0.678. The van der Waals surface area contributed by atoms with E-state index in [1.54, 1.807) is 7.11 Å². The molecule has 0 aromatic heterocycles. The molecule has 1 aliphatic carbocycles. The van der Waals surface area contributed by atoms with Crippen LogP contribution in [-0.4, -0.2) is 38.0 Å². The summed E-state index contributed by atoms with van der Waals surface area (Å²) in [6, 6.07) is 0.468. The van der Waals surface area contributed by atoms with Gasteiger partial charge < -0.3 is 14.8 Å². The number of ether oxygens (including phenoxy) is 2. The molecule has 0 aromatic rings. The Hall–Kier alpha value is -0.120. The highest BCUT2D eigenvalue weighted by atomic mass is 16.5. The molecule has 3 nitrogen and oxygen atoms in total. The third-order valence-electron chi connectivity index (χ3n) is 3.85. The Kier molecular flexibility index (Phi) is 7.20. The first-order valence-electron chi connectivity index (χ1n) is 7.43. The van der Waals surface area contributed by atoms with Crippen LogP contribution in [0.1, 0.15) is 59.3 Å². The molecule has 1 saturated carbocycles. The first-order valence-corrected chi connectivity index (χ1v) is 7.43. The summed E-state index contributed by atoms with van der Waals surface area (Å²) in [5.41, 5.74) is -0.0450. The maximum Gasteiger partial charge on any atom is 0.0637 e. The fourth-order valence-corrected chi connectivity index (χ4v) is 2.66. The van der Waals surface area contributed by atoms with Crippen LogP contribution in [0.4, 0.5) is 0 Å². The van der Waals surface area contributed by atoms with Gasteiger partial charge in [0.1, 0.15) is 0 Å². The zero-order valence-electron chi connectivity index (χ0n) is 12.6. The summed E-state index contributed by atoms with van der Waals surface area (Å²) in [5.74, 6) is 0. The van der Waals surface area contributed by atoms with Crippen LogP contribution in [-0.2, 0) is 9.47 Å². The summed E-state index contributed by atoms with van der Waals surface area (Å²) in [6.07, 6.45) is 8.13. The maximum atomic E-state index is 5.90. The van der Waals surface area contributed by atoms with Crippen molar-refractivity contribution in [3.8, 4) is 0 Å². The molecule has 1 aliphatic rings. The second kappa shape index (κ2) is 8.13. The number of rotatable bonds is 8. The summed E-state index contributed by atoms with van der Waals surface area (Å²) in [5, 5.41) is 3.51. The first kappa shape index (κ1) is 15.9. The Bertz CT molecular complexity index is 213. The minimum Gasteiger partial charge on any atom is -0.379 e. The van der Waals surface area contributed by atoms with E-state index in [1.165, 1.54) is 32.1 Å². The van der Waals surface area contributed by atoms with Crippen molar-refractivity contribution >= 4 is 0 Å². The third-order valence-corrected chi connectivity index (χ3v) is 3.85. The normalized spacial score (nSPS) is 20.0. The van der Waals surface area contributed by atoms with E-state index in [9.17, 15) is 0 Å². The van der Waals surface area contributed by atoms with Crippen molar-refractivity contribution in [2.45, 2.75) is 77.0 Å². The highest BCUT2D eigenvalue weighted by molar-refractivity contribution is 4.75. The lowest BCUT2D eigenvalue weighted by Gasteiger charge is -2.27. The molecule has 0 radical (unpaired) electrons. The van der Waals surface area contributed by atoms with Crippen LogP contribution in [0.2, 0.25) is 0 Å². The average molecular weight is 257 g/mol. The molecule has 1 atom stereocenters. The van der Waals surface area contributed by atoms with E-state index in [0.717, 1.165) is 19.6 Å². The van der Waals surface area contributed by atoms with Crippen LogP contribution in [0.15, 0.2) is 0 Å². The van der Waals surface area contributed by atoms with Gasteiger partial charge in [-0.05, 0) is 40.0 Å². The highest BCUT2D eigenvalue weighted by Gasteiger charge is 2.19. The monoisotopic (exact) mass is 257 g/mol. The number of hydrogen-bond acceptors (Lipinski definition) is 3. The van der Waals surface area contributed by atoms with Gasteiger partial charge in [0.15, 0.2) is 0 Å². The van der Waals surface area contributed by atoms with Gasteiger partial charge in [0.25, 0.3) is 0 Å². The summed E-state index contributed by atoms with van der Waals surface area (Å²) >= 11 is 0. The van der Waals surface area contributed by atoms with Gasteiger partial charge in [-0.3, -0.25) is 0 Å². The molecule has 0 heterocycles. The van der Waals surface area contributed by atoms with Crippen molar-refractivity contribution in [2.24, 2.45) is 0 Å². The van der Waals surface area contributed by atoms with Gasteiger partial charge in [0, 0.05) is 19.7 Å². The van der Waals surface area contributed by atoms with Crippen LogP contribution < -0.4 is 5.32 Å². The summed E-state index contributed by atoms with van der Waals surface area (Å²) in [4.78, 5) is 0. The van der Waals surface area contributed by atoms with E-state index in [1.807, 2.05) is 0 Å². The van der Waals surface area contributed by atoms with Gasteiger partial charge in [0.2, 0.25) is 0 Å². The summed E-state index contributed by atoms with van der Waals surface area (Å²) in [7, 11) is 1.78. The smallest absolute Gasteiger partial charge is 0.0637 e. The van der Waals surface area contributed by atoms with Crippen LogP contribution in [0.5, 0.6) is 0 Å². The molecule has 18 heavy (non-hydrogen) atoms. The summed E-state index contributed by atoms with van der Waals surface area (Å²) < 4.78 is 11.3. The van der Waals surface area contributed by atoms with Gasteiger partial charge in [-0.2, -0.15) is 0 Å². The highest BCUT2D eigenvalue weighted by Crippen LogP contribution is 2.20. The SMILES string of the molecule is COC(C)(C)CC(C)NCCOC1CCCCC1. The van der Waals surface area contributed by atoms with Crippen molar-refractivity contribution in [1.29, 1.82) is 0 Å². The predicted octanol–water partition coefficient (Wildman–Crippen LogP) is 3.13. The molecule has 1 unspecified atom stereocenters. The minimum absolute atomic E-state index is 0.0450. The van der Waals surface area contributed by atoms with Crippen molar-refractivity contribution in [3.63, 3.8) is 0 Å². The molecule has 108 valence electrons. The molecule has 0 spiro atoms. The van der Waals surface area contributed by atoms with Crippen LogP contribution in [0.3, 0.4) is 0 Å². The zero-order chi connectivity index (χ0) is 13.4. The number of hydrogen-bond donors (Lipinski definition) is 1. The van der Waals surface area contributed by atoms with E-state index >= 15 is 0 Å². The molecule has 0 amide bonds. The Morgan fingerprint density at radius 2 is 1.89 bits per heavy atom. The topological polar surface area (TPSA) is 30.5 Å². The third kappa shape index (κ3) is 6.72. The summed E-state index contributed by atoms with van der Waals surface area (Å²) in [6.45, 7) is 8.24. The Balaban J connectivity index is 2.02. The van der Waals surface area contributed by atoms with E-state index in [-0.39, 0.29) is 5.60 Å². The van der Waals surface area contributed by atoms with Crippen LogP contribution in [0, 0.1) is 0 Å².